The predicted octanol–water partition coefficient (Wildman–Crippen LogP) is -7.87. The van der Waals surface area contributed by atoms with E-state index in [0.29, 0.717) is 12.5 Å². The Bertz CT molecular complexity index is 1040. The second-order valence-electron chi connectivity index (χ2n) is 14.2. The smallest absolute Gasteiger partial charge is 0.187 e. The lowest BCUT2D eigenvalue weighted by molar-refractivity contribution is -0.307. The maximum Gasteiger partial charge on any atom is 0.187 e. The van der Waals surface area contributed by atoms with E-state index in [1.165, 1.54) is 0 Å². The molecule has 20 nitrogen and oxygen atoms in total. The molecule has 20 atom stereocenters. The second-order valence-corrected chi connectivity index (χ2v) is 14.2. The van der Waals surface area contributed by atoms with Gasteiger partial charge in [-0.15, -0.1) is 0 Å². The van der Waals surface area contributed by atoms with Gasteiger partial charge < -0.3 is 103 Å². The molecule has 4 saturated heterocycles. The molecule has 292 valence electrons. The van der Waals surface area contributed by atoms with Crippen LogP contribution >= 0.6 is 0 Å². The number of nitrogens with two attached hydrogens (primary N) is 5. The Morgan fingerprint density at radius 1 is 0.680 bits per heavy atom. The molecule has 4 heterocycles. The lowest BCUT2D eigenvalue weighted by atomic mass is 9.84. The van der Waals surface area contributed by atoms with Crippen molar-refractivity contribution in [2.75, 3.05) is 39.3 Å². The van der Waals surface area contributed by atoms with Crippen LogP contribution in [-0.2, 0) is 28.4 Å². The topological polar surface area (TPSA) is 351 Å². The van der Waals surface area contributed by atoms with E-state index in [2.05, 4.69) is 10.6 Å². The maximum atomic E-state index is 11.3. The third-order valence-corrected chi connectivity index (χ3v) is 10.6. The summed E-state index contributed by atoms with van der Waals surface area (Å²) in [4.78, 5) is 0. The van der Waals surface area contributed by atoms with Crippen LogP contribution in [0, 0.1) is 5.92 Å². The Balaban J connectivity index is 1.24. The van der Waals surface area contributed by atoms with Gasteiger partial charge in [0.15, 0.2) is 18.9 Å². The van der Waals surface area contributed by atoms with Crippen LogP contribution < -0.4 is 39.3 Å². The van der Waals surface area contributed by atoms with Gasteiger partial charge in [-0.3, -0.25) is 0 Å². The van der Waals surface area contributed by atoms with Crippen LogP contribution in [0.15, 0.2) is 0 Å². The summed E-state index contributed by atoms with van der Waals surface area (Å²) in [5, 5.41) is 81.3. The van der Waals surface area contributed by atoms with Crippen molar-refractivity contribution in [2.24, 2.45) is 34.6 Å². The van der Waals surface area contributed by atoms with Crippen molar-refractivity contribution in [3.05, 3.63) is 0 Å². The molecule has 1 unspecified atom stereocenters. The molecule has 5 rings (SSSR count). The molecule has 5 fully saturated rings. The number of hydrogen-bond donors (Lipinski definition) is 14. The number of rotatable bonds is 13. The fraction of sp³-hybridized carbons (Fsp3) is 1.00. The summed E-state index contributed by atoms with van der Waals surface area (Å²) in [5.74, 6) is 0.548. The summed E-state index contributed by atoms with van der Waals surface area (Å²) >= 11 is 0. The molecule has 0 aromatic carbocycles. The Morgan fingerprint density at radius 3 is 1.90 bits per heavy atom. The molecule has 0 radical (unpaired) electrons. The average molecular weight is 726 g/mol. The number of aliphatic hydroxyl groups excluding tert-OH is 7. The molecule has 0 aromatic rings. The summed E-state index contributed by atoms with van der Waals surface area (Å²) in [6, 6.07) is -4.15. The number of nitrogens with one attached hydrogen (secondary N) is 2. The standard InChI is InChI=1S/C30H59N7O13/c31-7-14-20(40)22(42)17(34)28(45-14)49-26-16(10-38)47-30(24(26)44)50-27-19(39)12(32)6-13(33)25(27)48-29-18(35)23(43)21(41)15(46-29)9-37-5-3-11-2-1-4-36-8-11/h11-30,36-44H,1-10,31-35H2/t11?,12-,13+,14+,15-,16-,17-,18-,19+,20-,21-,22-,23-,24-,25-,26-,27-,28-,29-,30+/m1/s1. The highest BCUT2D eigenvalue weighted by molar-refractivity contribution is 5.02. The van der Waals surface area contributed by atoms with Gasteiger partial charge in [0, 0.05) is 25.2 Å². The van der Waals surface area contributed by atoms with Gasteiger partial charge in [0.1, 0.15) is 67.1 Å². The quantitative estimate of drug-likeness (QED) is 0.0784. The van der Waals surface area contributed by atoms with Crippen molar-refractivity contribution in [3.8, 4) is 0 Å². The van der Waals surface area contributed by atoms with Gasteiger partial charge >= 0.3 is 0 Å². The minimum absolute atomic E-state index is 0.103. The molecule has 4 aliphatic heterocycles. The predicted molar refractivity (Wildman–Crippen MR) is 172 cm³/mol. The second kappa shape index (κ2) is 18.0. The Hall–Kier alpha value is -0.800. The van der Waals surface area contributed by atoms with E-state index < -0.39 is 123 Å². The van der Waals surface area contributed by atoms with Crippen molar-refractivity contribution in [1.29, 1.82) is 0 Å². The first-order valence-electron chi connectivity index (χ1n) is 17.6. The largest absolute Gasteiger partial charge is 0.394 e. The molecular formula is C30H59N7O13. The number of hydrogen-bond acceptors (Lipinski definition) is 20. The van der Waals surface area contributed by atoms with Gasteiger partial charge in [-0.25, -0.2) is 0 Å². The summed E-state index contributed by atoms with van der Waals surface area (Å²) in [6.45, 7) is 2.07. The third-order valence-electron chi connectivity index (χ3n) is 10.6. The van der Waals surface area contributed by atoms with Crippen molar-refractivity contribution < 1.29 is 64.2 Å². The van der Waals surface area contributed by atoms with Gasteiger partial charge in [0.2, 0.25) is 0 Å². The van der Waals surface area contributed by atoms with Crippen molar-refractivity contribution in [2.45, 2.75) is 142 Å². The molecule has 0 amide bonds. The first-order valence-corrected chi connectivity index (χ1v) is 17.6. The van der Waals surface area contributed by atoms with E-state index in [4.69, 9.17) is 57.1 Å². The van der Waals surface area contributed by atoms with E-state index in [1.54, 1.807) is 0 Å². The first-order chi connectivity index (χ1) is 23.9. The lowest BCUT2D eigenvalue weighted by Crippen LogP contribution is -2.68. The van der Waals surface area contributed by atoms with E-state index >= 15 is 0 Å². The van der Waals surface area contributed by atoms with Crippen LogP contribution in [0.3, 0.4) is 0 Å². The van der Waals surface area contributed by atoms with E-state index in [-0.39, 0.29) is 19.5 Å². The zero-order valence-corrected chi connectivity index (χ0v) is 28.1. The summed E-state index contributed by atoms with van der Waals surface area (Å²) < 4.78 is 35.6. The van der Waals surface area contributed by atoms with Crippen LogP contribution in [-0.4, -0.2) is 191 Å². The molecule has 5 aliphatic rings. The Morgan fingerprint density at radius 2 is 1.28 bits per heavy atom. The third kappa shape index (κ3) is 8.93. The van der Waals surface area contributed by atoms with Gasteiger partial charge in [-0.1, -0.05) is 0 Å². The van der Waals surface area contributed by atoms with Crippen molar-refractivity contribution in [3.63, 3.8) is 0 Å². The van der Waals surface area contributed by atoms with Crippen molar-refractivity contribution in [1.82, 2.24) is 10.6 Å². The number of aliphatic hydroxyl groups is 7. The van der Waals surface area contributed by atoms with Gasteiger partial charge in [0.05, 0.1) is 24.8 Å². The maximum absolute atomic E-state index is 11.3. The lowest BCUT2D eigenvalue weighted by Gasteiger charge is -2.47. The van der Waals surface area contributed by atoms with Crippen molar-refractivity contribution >= 4 is 0 Å². The van der Waals surface area contributed by atoms with Crippen LogP contribution in [0.4, 0.5) is 0 Å². The van der Waals surface area contributed by atoms with Crippen LogP contribution in [0.25, 0.3) is 0 Å². The Kier molecular flexibility index (Phi) is 14.6. The molecule has 50 heavy (non-hydrogen) atoms. The van der Waals surface area contributed by atoms with Gasteiger partial charge in [-0.05, 0) is 51.2 Å². The SMILES string of the molecule is NC[C@@H]1O[C@H](O[C@H]2[C@@H](O)[C@H](O[C@@H]3[C@@H](O)[C@H](N)C[C@H](N)[C@H]3O[C@H]3O[C@H](CNCCC4CCCNC4)[C@@H](O)[C@H](O)[C@H]3N)O[C@@H]2CO)[C@H](N)[C@@H](O)[C@@H]1O. The summed E-state index contributed by atoms with van der Waals surface area (Å²) in [5.41, 5.74) is 30.6. The minimum atomic E-state index is -1.60. The zero-order valence-electron chi connectivity index (χ0n) is 28.1. The summed E-state index contributed by atoms with van der Waals surface area (Å²) in [6.07, 6.45) is -16.3. The molecule has 1 aliphatic carbocycles. The monoisotopic (exact) mass is 725 g/mol. The molecule has 0 spiro atoms. The average Bonchev–Trinajstić information content (AvgIpc) is 3.41. The highest BCUT2D eigenvalue weighted by Gasteiger charge is 2.54. The molecule has 20 heteroatoms. The minimum Gasteiger partial charge on any atom is -0.394 e. The molecule has 0 aromatic heterocycles. The van der Waals surface area contributed by atoms with Crippen LogP contribution in [0.2, 0.25) is 0 Å². The van der Waals surface area contributed by atoms with Crippen LogP contribution in [0.1, 0.15) is 25.7 Å². The first kappa shape index (κ1) is 40.4. The molecular weight excluding hydrogens is 666 g/mol. The normalized spacial score (nSPS) is 50.4. The van der Waals surface area contributed by atoms with Gasteiger partial charge in [0.25, 0.3) is 0 Å². The van der Waals surface area contributed by atoms with E-state index in [1.807, 2.05) is 0 Å². The fourth-order valence-electron chi connectivity index (χ4n) is 7.44. The number of ether oxygens (including phenoxy) is 6. The van der Waals surface area contributed by atoms with E-state index in [0.717, 1.165) is 32.4 Å². The highest BCUT2D eigenvalue weighted by atomic mass is 16.8. The molecule has 0 bridgehead atoms. The fourth-order valence-corrected chi connectivity index (χ4v) is 7.44. The summed E-state index contributed by atoms with van der Waals surface area (Å²) in [7, 11) is 0. The van der Waals surface area contributed by atoms with E-state index in [9.17, 15) is 35.7 Å². The molecule has 19 N–H and O–H groups in total. The zero-order chi connectivity index (χ0) is 36.3. The molecule has 1 saturated carbocycles. The van der Waals surface area contributed by atoms with Crippen LogP contribution in [0.5, 0.6) is 0 Å². The Labute approximate surface area is 290 Å². The highest BCUT2D eigenvalue weighted by Crippen LogP contribution is 2.34. The number of piperidine rings is 1. The van der Waals surface area contributed by atoms with Gasteiger partial charge in [-0.2, -0.15) is 0 Å².